The molecule has 0 aliphatic rings. The molecule has 0 fully saturated rings. The van der Waals surface area contributed by atoms with Gasteiger partial charge in [-0.1, -0.05) is 6.92 Å². The Morgan fingerprint density at radius 1 is 1.36 bits per heavy atom. The summed E-state index contributed by atoms with van der Waals surface area (Å²) < 4.78 is 49.7. The Balaban J connectivity index is 3.21. The van der Waals surface area contributed by atoms with E-state index in [-0.39, 0.29) is 0 Å². The molecule has 78 valence electrons. The monoisotopic (exact) mass is 226 g/mol. The maximum absolute atomic E-state index is 12.9. The van der Waals surface area contributed by atoms with Crippen LogP contribution in [0.2, 0.25) is 0 Å². The lowest BCUT2D eigenvalue weighted by Gasteiger charge is -2.09. The number of alkyl halides is 3. The number of hydrogen-bond donors (Lipinski definition) is 0. The van der Waals surface area contributed by atoms with Gasteiger partial charge in [-0.05, 0) is 5.75 Å². The van der Waals surface area contributed by atoms with Gasteiger partial charge in [-0.3, -0.25) is 0 Å². The molecule has 0 N–H and O–H groups in total. The molecule has 0 radical (unpaired) electrons. The van der Waals surface area contributed by atoms with Crippen LogP contribution in [0.25, 0.3) is 0 Å². The van der Waals surface area contributed by atoms with Gasteiger partial charge >= 0.3 is 6.18 Å². The van der Waals surface area contributed by atoms with Crippen LogP contribution in [0, 0.1) is 5.95 Å². The highest BCUT2D eigenvalue weighted by Crippen LogP contribution is 2.35. The summed E-state index contributed by atoms with van der Waals surface area (Å²) in [5, 5.41) is 0. The molecule has 0 amide bonds. The van der Waals surface area contributed by atoms with Crippen LogP contribution in [0.5, 0.6) is 0 Å². The van der Waals surface area contributed by atoms with Crippen molar-refractivity contribution in [3.63, 3.8) is 0 Å². The van der Waals surface area contributed by atoms with Gasteiger partial charge in [-0.15, -0.1) is 11.8 Å². The van der Waals surface area contributed by atoms with E-state index < -0.39 is 22.7 Å². The first-order valence-corrected chi connectivity index (χ1v) is 4.66. The smallest absolute Gasteiger partial charge is 0.230 e. The minimum absolute atomic E-state index is 0.327. The minimum atomic E-state index is -4.64. The van der Waals surface area contributed by atoms with Crippen LogP contribution in [-0.2, 0) is 6.18 Å². The molecule has 0 saturated heterocycles. The summed E-state index contributed by atoms with van der Waals surface area (Å²) in [5.74, 6) is -0.799. The lowest BCUT2D eigenvalue weighted by atomic mass is 10.4. The van der Waals surface area contributed by atoms with Gasteiger partial charge < -0.3 is 0 Å². The number of hydrogen-bond acceptors (Lipinski definition) is 3. The van der Waals surface area contributed by atoms with E-state index in [1.54, 1.807) is 6.92 Å². The number of rotatable bonds is 2. The molecule has 0 atom stereocenters. The van der Waals surface area contributed by atoms with Crippen molar-refractivity contribution in [1.29, 1.82) is 0 Å². The number of nitrogens with zero attached hydrogens (tertiary/aromatic N) is 2. The van der Waals surface area contributed by atoms with E-state index in [0.717, 1.165) is 11.8 Å². The Hall–Kier alpha value is -0.850. The van der Waals surface area contributed by atoms with Crippen molar-refractivity contribution in [2.75, 3.05) is 5.75 Å². The highest BCUT2D eigenvalue weighted by Gasteiger charge is 2.37. The summed E-state index contributed by atoms with van der Waals surface area (Å²) in [6, 6.07) is 0. The maximum atomic E-state index is 12.9. The molecule has 0 unspecified atom stereocenters. The van der Waals surface area contributed by atoms with Crippen LogP contribution in [0.4, 0.5) is 17.6 Å². The van der Waals surface area contributed by atoms with Crippen molar-refractivity contribution in [3.05, 3.63) is 18.0 Å². The third kappa shape index (κ3) is 2.34. The van der Waals surface area contributed by atoms with Gasteiger partial charge in [0.15, 0.2) is 5.69 Å². The first kappa shape index (κ1) is 11.2. The Morgan fingerprint density at radius 2 is 2.00 bits per heavy atom. The molecule has 14 heavy (non-hydrogen) atoms. The highest BCUT2D eigenvalue weighted by molar-refractivity contribution is 7.99. The fourth-order valence-corrected chi connectivity index (χ4v) is 1.59. The molecule has 1 heterocycles. The fourth-order valence-electron chi connectivity index (χ4n) is 0.826. The number of aromatic nitrogens is 2. The quantitative estimate of drug-likeness (QED) is 0.440. The van der Waals surface area contributed by atoms with E-state index in [0.29, 0.717) is 12.1 Å². The van der Waals surface area contributed by atoms with E-state index >= 15 is 0 Å². The van der Waals surface area contributed by atoms with Crippen LogP contribution in [-0.4, -0.2) is 15.7 Å². The zero-order valence-corrected chi connectivity index (χ0v) is 7.92. The number of halogens is 4. The molecule has 0 saturated carbocycles. The van der Waals surface area contributed by atoms with Gasteiger partial charge in [0.05, 0.1) is 4.90 Å². The molecule has 7 heteroatoms. The van der Waals surface area contributed by atoms with Gasteiger partial charge in [0, 0.05) is 0 Å². The van der Waals surface area contributed by atoms with Crippen molar-refractivity contribution in [2.24, 2.45) is 0 Å². The van der Waals surface area contributed by atoms with Gasteiger partial charge in [0.2, 0.25) is 5.95 Å². The van der Waals surface area contributed by atoms with Crippen LogP contribution < -0.4 is 0 Å². The maximum Gasteiger partial charge on any atom is 0.434 e. The third-order valence-electron chi connectivity index (χ3n) is 1.32. The predicted octanol–water partition coefficient (Wildman–Crippen LogP) is 2.75. The molecule has 0 aromatic carbocycles. The average molecular weight is 226 g/mol. The molecular weight excluding hydrogens is 220 g/mol. The summed E-state index contributed by atoms with van der Waals surface area (Å²) in [7, 11) is 0. The SMILES string of the molecule is CCSc1c(F)ncnc1C(F)(F)F. The normalized spacial score (nSPS) is 11.8. The Morgan fingerprint density at radius 3 is 2.50 bits per heavy atom. The summed E-state index contributed by atoms with van der Waals surface area (Å²) >= 11 is 0.735. The standard InChI is InChI=1S/C7H6F4N2S/c1-2-14-4-5(7(9,10)11)12-3-13-6(4)8/h3H,2H2,1H3. The van der Waals surface area contributed by atoms with Crippen molar-refractivity contribution in [3.8, 4) is 0 Å². The molecule has 2 nitrogen and oxygen atoms in total. The van der Waals surface area contributed by atoms with Crippen molar-refractivity contribution >= 4 is 11.8 Å². The molecule has 0 bridgehead atoms. The topological polar surface area (TPSA) is 25.8 Å². The molecule has 1 aromatic rings. The molecule has 0 aliphatic heterocycles. The van der Waals surface area contributed by atoms with E-state index in [9.17, 15) is 17.6 Å². The Kier molecular flexibility index (Phi) is 3.30. The summed E-state index contributed by atoms with van der Waals surface area (Å²) in [4.78, 5) is 5.57. The van der Waals surface area contributed by atoms with Gasteiger partial charge in [-0.25, -0.2) is 9.97 Å². The lowest BCUT2D eigenvalue weighted by Crippen LogP contribution is -2.12. The first-order valence-electron chi connectivity index (χ1n) is 3.67. The predicted molar refractivity (Wildman–Crippen MR) is 43.4 cm³/mol. The molecular formula is C7H6F4N2S. The zero-order valence-electron chi connectivity index (χ0n) is 7.10. The molecule has 0 spiro atoms. The lowest BCUT2D eigenvalue weighted by molar-refractivity contribution is -0.144. The van der Waals surface area contributed by atoms with E-state index in [1.807, 2.05) is 0 Å². The molecule has 0 aliphatic carbocycles. The highest BCUT2D eigenvalue weighted by atomic mass is 32.2. The summed E-state index contributed by atoms with van der Waals surface area (Å²) in [5.41, 5.74) is -1.21. The van der Waals surface area contributed by atoms with Crippen molar-refractivity contribution in [2.45, 2.75) is 18.0 Å². The van der Waals surface area contributed by atoms with E-state index in [4.69, 9.17) is 0 Å². The van der Waals surface area contributed by atoms with Crippen LogP contribution in [0.15, 0.2) is 11.2 Å². The van der Waals surface area contributed by atoms with Crippen LogP contribution >= 0.6 is 11.8 Å². The Bertz CT molecular complexity index is 326. The van der Waals surface area contributed by atoms with Gasteiger partial charge in [-0.2, -0.15) is 17.6 Å². The second-order valence-electron chi connectivity index (χ2n) is 2.27. The Labute approximate surface area is 81.8 Å². The van der Waals surface area contributed by atoms with E-state index in [1.165, 1.54) is 0 Å². The second kappa shape index (κ2) is 4.12. The molecule has 1 aromatic heterocycles. The minimum Gasteiger partial charge on any atom is -0.230 e. The van der Waals surface area contributed by atoms with Crippen molar-refractivity contribution < 1.29 is 17.6 Å². The first-order chi connectivity index (χ1) is 6.46. The van der Waals surface area contributed by atoms with Crippen LogP contribution in [0.3, 0.4) is 0 Å². The largest absolute Gasteiger partial charge is 0.434 e. The van der Waals surface area contributed by atoms with Crippen molar-refractivity contribution in [1.82, 2.24) is 9.97 Å². The van der Waals surface area contributed by atoms with Crippen LogP contribution in [0.1, 0.15) is 12.6 Å². The number of thioether (sulfide) groups is 1. The van der Waals surface area contributed by atoms with Gasteiger partial charge in [0.25, 0.3) is 0 Å². The third-order valence-corrected chi connectivity index (χ3v) is 2.26. The second-order valence-corrected chi connectivity index (χ2v) is 3.55. The van der Waals surface area contributed by atoms with E-state index in [2.05, 4.69) is 9.97 Å². The zero-order chi connectivity index (χ0) is 10.8. The summed E-state index contributed by atoms with van der Waals surface area (Å²) in [6.07, 6.45) is -4.07. The molecule has 1 rings (SSSR count). The average Bonchev–Trinajstić information content (AvgIpc) is 2.07. The fraction of sp³-hybridized carbons (Fsp3) is 0.429. The summed E-state index contributed by atoms with van der Waals surface area (Å²) in [6.45, 7) is 1.62. The van der Waals surface area contributed by atoms with Gasteiger partial charge in [0.1, 0.15) is 6.33 Å².